The van der Waals surface area contributed by atoms with Gasteiger partial charge in [-0.2, -0.15) is 0 Å². The van der Waals surface area contributed by atoms with Crippen LogP contribution in [0.15, 0.2) is 46.2 Å². The summed E-state index contributed by atoms with van der Waals surface area (Å²) in [5.41, 5.74) is 0.838. The van der Waals surface area contributed by atoms with Crippen molar-refractivity contribution in [2.45, 2.75) is 38.0 Å². The summed E-state index contributed by atoms with van der Waals surface area (Å²) < 4.78 is 7.83. The van der Waals surface area contributed by atoms with Crippen LogP contribution in [-0.2, 0) is 4.79 Å². The first-order chi connectivity index (χ1) is 12.0. The maximum Gasteiger partial charge on any atom is 0.233 e. The third-order valence-electron chi connectivity index (χ3n) is 4.25. The first-order valence-corrected chi connectivity index (χ1v) is 9.22. The molecule has 3 rings (SSSR count). The number of fused-ring (bicyclic) bond motifs is 1. The van der Waals surface area contributed by atoms with Gasteiger partial charge >= 0.3 is 0 Å². The van der Waals surface area contributed by atoms with E-state index >= 15 is 0 Å². The molecule has 0 saturated heterocycles. The van der Waals surface area contributed by atoms with Gasteiger partial charge in [0.1, 0.15) is 17.7 Å². The minimum absolute atomic E-state index is 0.0243. The molecule has 0 N–H and O–H groups in total. The molecule has 2 aromatic heterocycles. The number of thioether (sulfide) groups is 1. The normalized spacial score (nSPS) is 12.7. The third kappa shape index (κ3) is 3.71. The zero-order valence-corrected chi connectivity index (χ0v) is 15.7. The number of hydrogen-bond acceptors (Lipinski definition) is 5. The van der Waals surface area contributed by atoms with Gasteiger partial charge < -0.3 is 13.9 Å². The minimum atomic E-state index is -0.136. The minimum Gasteiger partial charge on any atom is -0.459 e. The molecule has 2 heterocycles. The second-order valence-corrected chi connectivity index (χ2v) is 7.21. The van der Waals surface area contributed by atoms with Gasteiger partial charge in [-0.05, 0) is 32.9 Å². The third-order valence-corrected chi connectivity index (χ3v) is 5.19. The Morgan fingerprint density at radius 3 is 2.80 bits per heavy atom. The molecule has 0 aliphatic heterocycles. The van der Waals surface area contributed by atoms with Crippen LogP contribution >= 0.6 is 11.8 Å². The average molecular weight is 358 g/mol. The van der Waals surface area contributed by atoms with E-state index in [1.54, 1.807) is 18.3 Å². The number of carbonyl (C=O) groups is 1. The van der Waals surface area contributed by atoms with E-state index in [0.717, 1.165) is 21.9 Å². The number of amides is 1. The topological polar surface area (TPSA) is 64.2 Å². The van der Waals surface area contributed by atoms with Crippen molar-refractivity contribution < 1.29 is 9.21 Å². The number of nitrogens with zero attached hydrogens (tertiary/aromatic N) is 4. The molecule has 0 saturated carbocycles. The zero-order chi connectivity index (χ0) is 18.0. The molecule has 25 heavy (non-hydrogen) atoms. The van der Waals surface area contributed by atoms with E-state index < -0.39 is 0 Å². The molecule has 132 valence electrons. The molecule has 1 unspecified atom stereocenters. The van der Waals surface area contributed by atoms with Crippen molar-refractivity contribution in [2.75, 3.05) is 12.8 Å². The van der Waals surface area contributed by atoms with Gasteiger partial charge in [0.25, 0.3) is 0 Å². The predicted molar refractivity (Wildman–Crippen MR) is 98.5 cm³/mol. The molecule has 3 aromatic rings. The van der Waals surface area contributed by atoms with Gasteiger partial charge in [-0.1, -0.05) is 30.0 Å². The molecular weight excluding hydrogens is 336 g/mol. The SMILES string of the molecule is CC(c1cc2ccccc2o1)N(C)C(=O)CSc1nncn1C(C)C. The van der Waals surface area contributed by atoms with Crippen LogP contribution in [-0.4, -0.2) is 38.4 Å². The molecular formula is C18H22N4O2S. The van der Waals surface area contributed by atoms with E-state index in [2.05, 4.69) is 24.0 Å². The molecule has 0 aliphatic carbocycles. The number of hydrogen-bond donors (Lipinski definition) is 0. The largest absolute Gasteiger partial charge is 0.459 e. The van der Waals surface area contributed by atoms with E-state index in [-0.39, 0.29) is 18.0 Å². The number of aromatic nitrogens is 3. The Morgan fingerprint density at radius 2 is 2.08 bits per heavy atom. The van der Waals surface area contributed by atoms with Crippen LogP contribution in [0.1, 0.15) is 38.6 Å². The van der Waals surface area contributed by atoms with Crippen molar-refractivity contribution in [1.82, 2.24) is 19.7 Å². The second-order valence-electron chi connectivity index (χ2n) is 6.27. The fraction of sp³-hybridized carbons (Fsp3) is 0.389. The Kier molecular flexibility index (Phi) is 5.13. The number of benzene rings is 1. The van der Waals surface area contributed by atoms with Crippen molar-refractivity contribution in [1.29, 1.82) is 0 Å². The summed E-state index contributed by atoms with van der Waals surface area (Å²) in [5, 5.41) is 9.82. The highest BCUT2D eigenvalue weighted by Gasteiger charge is 2.21. The summed E-state index contributed by atoms with van der Waals surface area (Å²) >= 11 is 1.40. The highest BCUT2D eigenvalue weighted by Crippen LogP contribution is 2.27. The number of rotatable bonds is 6. The van der Waals surface area contributed by atoms with Gasteiger partial charge in [0.15, 0.2) is 5.16 Å². The van der Waals surface area contributed by atoms with Crippen molar-refractivity contribution in [3.8, 4) is 0 Å². The number of furan rings is 1. The zero-order valence-electron chi connectivity index (χ0n) is 14.8. The average Bonchev–Trinajstić information content (AvgIpc) is 3.24. The Hall–Kier alpha value is -2.28. The lowest BCUT2D eigenvalue weighted by atomic mass is 10.2. The molecule has 7 heteroatoms. The molecule has 6 nitrogen and oxygen atoms in total. The van der Waals surface area contributed by atoms with E-state index in [0.29, 0.717) is 5.75 Å². The van der Waals surface area contributed by atoms with Crippen LogP contribution in [0.5, 0.6) is 0 Å². The molecule has 0 spiro atoms. The Morgan fingerprint density at radius 1 is 1.32 bits per heavy atom. The van der Waals surface area contributed by atoms with Crippen LogP contribution < -0.4 is 0 Å². The Labute approximate surface area is 151 Å². The summed E-state index contributed by atoms with van der Waals surface area (Å²) in [6, 6.07) is 9.97. The van der Waals surface area contributed by atoms with E-state index in [1.807, 2.05) is 41.8 Å². The lowest BCUT2D eigenvalue weighted by Crippen LogP contribution is -2.31. The molecule has 1 atom stereocenters. The lowest BCUT2D eigenvalue weighted by molar-refractivity contribution is -0.129. The first-order valence-electron chi connectivity index (χ1n) is 8.23. The monoisotopic (exact) mass is 358 g/mol. The van der Waals surface area contributed by atoms with Crippen molar-refractivity contribution >= 4 is 28.6 Å². The van der Waals surface area contributed by atoms with Gasteiger partial charge in [0.05, 0.1) is 11.8 Å². The maximum atomic E-state index is 12.6. The van der Waals surface area contributed by atoms with Crippen LogP contribution in [0.4, 0.5) is 0 Å². The van der Waals surface area contributed by atoms with Crippen LogP contribution in [0.2, 0.25) is 0 Å². The van der Waals surface area contributed by atoms with Crippen LogP contribution in [0, 0.1) is 0 Å². The van der Waals surface area contributed by atoms with Crippen molar-refractivity contribution in [3.63, 3.8) is 0 Å². The van der Waals surface area contributed by atoms with Gasteiger partial charge in [-0.15, -0.1) is 10.2 Å². The summed E-state index contributed by atoms with van der Waals surface area (Å²) in [4.78, 5) is 14.3. The summed E-state index contributed by atoms with van der Waals surface area (Å²) in [5.74, 6) is 1.12. The Balaban J connectivity index is 1.66. The Bertz CT molecular complexity index is 838. The fourth-order valence-corrected chi connectivity index (χ4v) is 3.50. The van der Waals surface area contributed by atoms with E-state index in [1.165, 1.54) is 11.8 Å². The van der Waals surface area contributed by atoms with E-state index in [9.17, 15) is 4.79 Å². The highest BCUT2D eigenvalue weighted by molar-refractivity contribution is 7.99. The maximum absolute atomic E-state index is 12.6. The molecule has 0 bridgehead atoms. The van der Waals surface area contributed by atoms with Crippen molar-refractivity contribution in [2.24, 2.45) is 0 Å². The fourth-order valence-electron chi connectivity index (χ4n) is 2.53. The molecule has 1 amide bonds. The lowest BCUT2D eigenvalue weighted by Gasteiger charge is -2.23. The molecule has 0 radical (unpaired) electrons. The van der Waals surface area contributed by atoms with Gasteiger partial charge in [-0.25, -0.2) is 0 Å². The van der Waals surface area contributed by atoms with Crippen molar-refractivity contribution in [3.05, 3.63) is 42.4 Å². The summed E-state index contributed by atoms with van der Waals surface area (Å²) in [7, 11) is 1.80. The highest BCUT2D eigenvalue weighted by atomic mass is 32.2. The van der Waals surface area contributed by atoms with Gasteiger partial charge in [0, 0.05) is 18.5 Å². The van der Waals surface area contributed by atoms with Crippen LogP contribution in [0.3, 0.4) is 0 Å². The van der Waals surface area contributed by atoms with Gasteiger partial charge in [0.2, 0.25) is 5.91 Å². The molecule has 0 fully saturated rings. The van der Waals surface area contributed by atoms with Gasteiger partial charge in [-0.3, -0.25) is 4.79 Å². The number of carbonyl (C=O) groups excluding carboxylic acids is 1. The first kappa shape index (κ1) is 17.5. The summed E-state index contributed by atoms with van der Waals surface area (Å²) in [6.07, 6.45) is 1.69. The summed E-state index contributed by atoms with van der Waals surface area (Å²) in [6.45, 7) is 6.09. The predicted octanol–water partition coefficient (Wildman–Crippen LogP) is 3.92. The smallest absolute Gasteiger partial charge is 0.233 e. The molecule has 1 aromatic carbocycles. The number of para-hydroxylation sites is 1. The van der Waals surface area contributed by atoms with Crippen LogP contribution in [0.25, 0.3) is 11.0 Å². The second kappa shape index (κ2) is 7.31. The standard InChI is InChI=1S/C18H22N4O2S/c1-12(2)22-11-19-20-18(22)25-10-17(23)21(4)13(3)16-9-14-7-5-6-8-15(14)24-16/h5-9,11-13H,10H2,1-4H3. The quantitative estimate of drug-likeness (QED) is 0.625. The van der Waals surface area contributed by atoms with E-state index in [4.69, 9.17) is 4.42 Å². The molecule has 0 aliphatic rings.